The molecule has 3 N–H and O–H groups in total. The van der Waals surface area contributed by atoms with Crippen LogP contribution in [0.15, 0.2) is 36.7 Å². The standard InChI is InChI=1S/C20H24FN3O2/c1-2-13-7-8-16(15(21)11-13)23-18-12-22-10-9-14(18)20(26)24-17-5-3-4-6-19(17)25/h7-12,17,19,23,25H,2-6H2,1H3,(H,24,26). The van der Waals surface area contributed by atoms with Gasteiger partial charge in [-0.05, 0) is 43.0 Å². The van der Waals surface area contributed by atoms with Crippen LogP contribution in [0.4, 0.5) is 15.8 Å². The Balaban J connectivity index is 1.78. The van der Waals surface area contributed by atoms with Gasteiger partial charge in [0.25, 0.3) is 5.91 Å². The van der Waals surface area contributed by atoms with Gasteiger partial charge in [-0.25, -0.2) is 4.39 Å². The molecule has 0 radical (unpaired) electrons. The van der Waals surface area contributed by atoms with Crippen LogP contribution in [0.3, 0.4) is 0 Å². The Morgan fingerprint density at radius 3 is 2.81 bits per heavy atom. The molecule has 2 unspecified atom stereocenters. The van der Waals surface area contributed by atoms with Crippen LogP contribution in [0.25, 0.3) is 0 Å². The van der Waals surface area contributed by atoms with E-state index < -0.39 is 6.10 Å². The Morgan fingerprint density at radius 2 is 2.08 bits per heavy atom. The zero-order chi connectivity index (χ0) is 18.5. The van der Waals surface area contributed by atoms with Gasteiger partial charge in [-0.1, -0.05) is 25.8 Å². The molecule has 0 aliphatic heterocycles. The van der Waals surface area contributed by atoms with Crippen LogP contribution in [0.5, 0.6) is 0 Å². The van der Waals surface area contributed by atoms with Gasteiger partial charge in [0.1, 0.15) is 5.82 Å². The van der Waals surface area contributed by atoms with Crippen LogP contribution in [-0.4, -0.2) is 28.1 Å². The van der Waals surface area contributed by atoms with Gasteiger partial charge in [0, 0.05) is 6.20 Å². The number of halogens is 1. The number of anilines is 2. The fourth-order valence-corrected chi connectivity index (χ4v) is 3.24. The molecule has 2 aromatic rings. The highest BCUT2D eigenvalue weighted by molar-refractivity contribution is 6.00. The van der Waals surface area contributed by atoms with Gasteiger partial charge in [-0.15, -0.1) is 0 Å². The van der Waals surface area contributed by atoms with Gasteiger partial charge in [-0.3, -0.25) is 9.78 Å². The Hall–Kier alpha value is -2.47. The van der Waals surface area contributed by atoms with Gasteiger partial charge in [0.15, 0.2) is 0 Å². The van der Waals surface area contributed by atoms with Crippen molar-refractivity contribution >= 4 is 17.3 Å². The number of nitrogens with one attached hydrogen (secondary N) is 2. The average Bonchev–Trinajstić information content (AvgIpc) is 2.65. The number of carbonyl (C=O) groups excluding carboxylic acids is 1. The number of aliphatic hydroxyl groups excluding tert-OH is 1. The van der Waals surface area contributed by atoms with E-state index in [1.807, 2.05) is 13.0 Å². The van der Waals surface area contributed by atoms with E-state index in [9.17, 15) is 14.3 Å². The van der Waals surface area contributed by atoms with E-state index >= 15 is 0 Å². The SMILES string of the molecule is CCc1ccc(Nc2cnccc2C(=O)NC2CCCCC2O)c(F)c1. The van der Waals surface area contributed by atoms with Gasteiger partial charge in [0.05, 0.1) is 35.3 Å². The van der Waals surface area contributed by atoms with E-state index in [0.29, 0.717) is 23.4 Å². The average molecular weight is 357 g/mol. The highest BCUT2D eigenvalue weighted by Gasteiger charge is 2.25. The van der Waals surface area contributed by atoms with Gasteiger partial charge < -0.3 is 15.7 Å². The molecule has 6 heteroatoms. The number of benzene rings is 1. The Bertz CT molecular complexity index is 781. The van der Waals surface area contributed by atoms with Crippen molar-refractivity contribution in [3.05, 3.63) is 53.6 Å². The fraction of sp³-hybridized carbons (Fsp3) is 0.400. The maximum Gasteiger partial charge on any atom is 0.253 e. The summed E-state index contributed by atoms with van der Waals surface area (Å²) in [5, 5.41) is 15.9. The predicted molar refractivity (Wildman–Crippen MR) is 99.0 cm³/mol. The maximum absolute atomic E-state index is 14.3. The highest BCUT2D eigenvalue weighted by Crippen LogP contribution is 2.24. The molecule has 1 amide bonds. The smallest absolute Gasteiger partial charge is 0.253 e. The first-order chi connectivity index (χ1) is 12.6. The second kappa shape index (κ2) is 8.27. The molecule has 0 bridgehead atoms. The molecule has 2 atom stereocenters. The number of aromatic nitrogens is 1. The molecule has 0 saturated heterocycles. The molecule has 1 aromatic heterocycles. The second-order valence-corrected chi connectivity index (χ2v) is 6.65. The number of aliphatic hydroxyl groups is 1. The third-order valence-electron chi connectivity index (χ3n) is 4.82. The third kappa shape index (κ3) is 4.19. The largest absolute Gasteiger partial charge is 0.391 e. The van der Waals surface area contributed by atoms with Crippen LogP contribution >= 0.6 is 0 Å². The molecule has 0 spiro atoms. The Kier molecular flexibility index (Phi) is 5.83. The van der Waals surface area contributed by atoms with Gasteiger partial charge >= 0.3 is 0 Å². The number of amides is 1. The molecule has 1 aliphatic carbocycles. The lowest BCUT2D eigenvalue weighted by Crippen LogP contribution is -2.45. The molecule has 26 heavy (non-hydrogen) atoms. The van der Waals surface area contributed by atoms with Crippen LogP contribution < -0.4 is 10.6 Å². The third-order valence-corrected chi connectivity index (χ3v) is 4.82. The number of carbonyl (C=O) groups is 1. The van der Waals surface area contributed by atoms with Crippen LogP contribution in [-0.2, 0) is 6.42 Å². The minimum atomic E-state index is -0.523. The Labute approximate surface area is 152 Å². The summed E-state index contributed by atoms with van der Waals surface area (Å²) in [4.78, 5) is 16.7. The summed E-state index contributed by atoms with van der Waals surface area (Å²) in [5.74, 6) is -0.672. The number of hydrogen-bond donors (Lipinski definition) is 3. The molecule has 1 fully saturated rings. The van der Waals surface area contributed by atoms with Gasteiger partial charge in [-0.2, -0.15) is 0 Å². The number of aryl methyl sites for hydroxylation is 1. The second-order valence-electron chi connectivity index (χ2n) is 6.65. The predicted octanol–water partition coefficient (Wildman–Crippen LogP) is 3.56. The van der Waals surface area contributed by atoms with Gasteiger partial charge in [0.2, 0.25) is 0 Å². The summed E-state index contributed by atoms with van der Waals surface area (Å²) >= 11 is 0. The molecule has 1 aromatic carbocycles. The lowest BCUT2D eigenvalue weighted by atomic mass is 9.92. The van der Waals surface area contributed by atoms with Crippen molar-refractivity contribution in [2.75, 3.05) is 5.32 Å². The van der Waals surface area contributed by atoms with Crippen molar-refractivity contribution in [1.82, 2.24) is 10.3 Å². The van der Waals surface area contributed by atoms with E-state index in [4.69, 9.17) is 0 Å². The minimum Gasteiger partial charge on any atom is -0.391 e. The quantitative estimate of drug-likeness (QED) is 0.765. The number of hydrogen-bond acceptors (Lipinski definition) is 4. The van der Waals surface area contributed by atoms with Crippen molar-refractivity contribution < 1.29 is 14.3 Å². The fourth-order valence-electron chi connectivity index (χ4n) is 3.24. The van der Waals surface area contributed by atoms with E-state index in [1.54, 1.807) is 12.1 Å². The van der Waals surface area contributed by atoms with Crippen molar-refractivity contribution in [1.29, 1.82) is 0 Å². The van der Waals surface area contributed by atoms with Crippen LogP contribution in [0, 0.1) is 5.82 Å². The summed E-state index contributed by atoms with van der Waals surface area (Å²) in [5.41, 5.74) is 2.00. The number of rotatable bonds is 5. The molecule has 1 aliphatic rings. The lowest BCUT2D eigenvalue weighted by molar-refractivity contribution is 0.0718. The van der Waals surface area contributed by atoms with Crippen molar-refractivity contribution in [2.24, 2.45) is 0 Å². The molecular weight excluding hydrogens is 333 g/mol. The van der Waals surface area contributed by atoms with E-state index in [2.05, 4.69) is 15.6 Å². The highest BCUT2D eigenvalue weighted by atomic mass is 19.1. The van der Waals surface area contributed by atoms with Crippen molar-refractivity contribution in [3.63, 3.8) is 0 Å². The molecule has 138 valence electrons. The van der Waals surface area contributed by atoms with E-state index in [-0.39, 0.29) is 17.8 Å². The summed E-state index contributed by atoms with van der Waals surface area (Å²) in [6.07, 6.45) is 6.66. The summed E-state index contributed by atoms with van der Waals surface area (Å²) in [6.45, 7) is 1.96. The first kappa shape index (κ1) is 18.3. The van der Waals surface area contributed by atoms with E-state index in [0.717, 1.165) is 31.2 Å². The zero-order valence-electron chi connectivity index (χ0n) is 14.8. The molecule has 5 nitrogen and oxygen atoms in total. The summed E-state index contributed by atoms with van der Waals surface area (Å²) < 4.78 is 14.3. The number of pyridine rings is 1. The topological polar surface area (TPSA) is 74.2 Å². The summed E-state index contributed by atoms with van der Waals surface area (Å²) in [6, 6.07) is 6.33. The maximum atomic E-state index is 14.3. The minimum absolute atomic E-state index is 0.252. The number of nitrogens with zero attached hydrogens (tertiary/aromatic N) is 1. The molecule has 1 saturated carbocycles. The summed E-state index contributed by atoms with van der Waals surface area (Å²) in [7, 11) is 0. The molecular formula is C20H24FN3O2. The lowest BCUT2D eigenvalue weighted by Gasteiger charge is -2.28. The first-order valence-corrected chi connectivity index (χ1v) is 9.07. The Morgan fingerprint density at radius 1 is 1.27 bits per heavy atom. The monoisotopic (exact) mass is 357 g/mol. The van der Waals surface area contributed by atoms with Crippen LogP contribution in [0.2, 0.25) is 0 Å². The van der Waals surface area contributed by atoms with Crippen LogP contribution in [0.1, 0.15) is 48.5 Å². The van der Waals surface area contributed by atoms with Crippen molar-refractivity contribution in [3.8, 4) is 0 Å². The van der Waals surface area contributed by atoms with Crippen molar-refractivity contribution in [2.45, 2.75) is 51.2 Å². The first-order valence-electron chi connectivity index (χ1n) is 9.07. The normalized spacial score (nSPS) is 19.8. The molecule has 3 rings (SSSR count). The zero-order valence-corrected chi connectivity index (χ0v) is 14.8. The molecule has 1 heterocycles. The van der Waals surface area contributed by atoms with E-state index in [1.165, 1.54) is 18.5 Å².